The summed E-state index contributed by atoms with van der Waals surface area (Å²) in [4.78, 5) is 29.1. The van der Waals surface area contributed by atoms with Crippen molar-refractivity contribution in [3.63, 3.8) is 0 Å². The third-order valence-corrected chi connectivity index (χ3v) is 6.85. The second kappa shape index (κ2) is 14.4. The van der Waals surface area contributed by atoms with Crippen molar-refractivity contribution in [3.05, 3.63) is 54.4 Å². The summed E-state index contributed by atoms with van der Waals surface area (Å²) >= 11 is 2.25. The topological polar surface area (TPSA) is 114 Å². The fraction of sp³-hybridized carbons (Fsp3) is 0.385. The van der Waals surface area contributed by atoms with Crippen molar-refractivity contribution >= 4 is 46.0 Å². The summed E-state index contributed by atoms with van der Waals surface area (Å²) < 4.78 is 23.8. The van der Waals surface area contributed by atoms with Crippen LogP contribution in [0.5, 0.6) is 11.5 Å². The van der Waals surface area contributed by atoms with E-state index in [9.17, 15) is 9.59 Å². The fourth-order valence-corrected chi connectivity index (χ4v) is 4.86. The zero-order chi connectivity index (χ0) is 27.5. The van der Waals surface area contributed by atoms with Crippen LogP contribution in [-0.4, -0.2) is 58.9 Å². The Bertz CT molecular complexity index is 1230. The molecule has 3 rings (SSSR count). The van der Waals surface area contributed by atoms with Crippen molar-refractivity contribution in [1.82, 2.24) is 14.5 Å². The SMILES string of the molecule is COc1cc(OCCCOCCC(=O)OC(C)(C)C)ccc1NC(=O)c1cccc(-c2ccnn2PI)n1. The maximum Gasteiger partial charge on any atom is 0.308 e. The monoisotopic (exact) mass is 654 g/mol. The molecule has 38 heavy (non-hydrogen) atoms. The summed E-state index contributed by atoms with van der Waals surface area (Å²) in [6.07, 6.45) is 3.00. The molecule has 204 valence electrons. The Balaban J connectivity index is 1.48. The predicted octanol–water partition coefficient (Wildman–Crippen LogP) is 5.51. The molecule has 0 saturated heterocycles. The largest absolute Gasteiger partial charge is 0.494 e. The van der Waals surface area contributed by atoms with E-state index < -0.39 is 5.60 Å². The average Bonchev–Trinajstić information content (AvgIpc) is 3.37. The van der Waals surface area contributed by atoms with Gasteiger partial charge in [-0.15, -0.1) is 0 Å². The fourth-order valence-electron chi connectivity index (χ4n) is 3.32. The Labute approximate surface area is 237 Å². The van der Waals surface area contributed by atoms with Gasteiger partial charge in [-0.25, -0.2) is 9.44 Å². The molecule has 0 aliphatic rings. The van der Waals surface area contributed by atoms with Crippen molar-refractivity contribution in [3.8, 4) is 22.9 Å². The van der Waals surface area contributed by atoms with Crippen LogP contribution >= 0.6 is 28.4 Å². The van der Waals surface area contributed by atoms with Crippen LogP contribution in [0.3, 0.4) is 0 Å². The number of carbonyl (C=O) groups is 2. The number of halogens is 1. The minimum atomic E-state index is -0.494. The normalized spacial score (nSPS) is 11.5. The number of aromatic nitrogens is 3. The van der Waals surface area contributed by atoms with Gasteiger partial charge in [0.25, 0.3) is 5.91 Å². The molecule has 0 spiro atoms. The Morgan fingerprint density at radius 2 is 1.92 bits per heavy atom. The molecule has 0 fully saturated rings. The number of ether oxygens (including phenoxy) is 4. The van der Waals surface area contributed by atoms with E-state index in [0.717, 1.165) is 5.69 Å². The van der Waals surface area contributed by atoms with E-state index in [1.165, 1.54) is 7.11 Å². The molecular formula is C26H32IN4O6P. The van der Waals surface area contributed by atoms with E-state index in [-0.39, 0.29) is 24.0 Å². The molecule has 1 atom stereocenters. The highest BCUT2D eigenvalue weighted by molar-refractivity contribution is 14.2. The van der Waals surface area contributed by atoms with E-state index in [0.29, 0.717) is 55.5 Å². The van der Waals surface area contributed by atoms with Gasteiger partial charge in [0, 0.05) is 25.3 Å². The van der Waals surface area contributed by atoms with Crippen LogP contribution in [0.1, 0.15) is 44.1 Å². The van der Waals surface area contributed by atoms with Gasteiger partial charge < -0.3 is 24.3 Å². The molecule has 10 nitrogen and oxygen atoms in total. The van der Waals surface area contributed by atoms with Gasteiger partial charge in [0.15, 0.2) is 0 Å². The third-order valence-electron chi connectivity index (χ3n) is 4.96. The second-order valence-electron chi connectivity index (χ2n) is 9.09. The number of benzene rings is 1. The van der Waals surface area contributed by atoms with Crippen LogP contribution in [0.2, 0.25) is 0 Å². The molecule has 0 bridgehead atoms. The number of nitrogens with one attached hydrogen (secondary N) is 1. The molecule has 0 saturated carbocycles. The van der Waals surface area contributed by atoms with Gasteiger partial charge in [0.2, 0.25) is 0 Å². The summed E-state index contributed by atoms with van der Waals surface area (Å²) in [6.45, 7) is 6.68. The molecule has 2 heterocycles. The number of anilines is 1. The minimum Gasteiger partial charge on any atom is -0.494 e. The third kappa shape index (κ3) is 9.21. The predicted molar refractivity (Wildman–Crippen MR) is 156 cm³/mol. The highest BCUT2D eigenvalue weighted by atomic mass is 127. The molecule has 1 unspecified atom stereocenters. The summed E-state index contributed by atoms with van der Waals surface area (Å²) in [5.41, 5.74) is 1.80. The smallest absolute Gasteiger partial charge is 0.308 e. The minimum absolute atomic E-state index is 0.214. The lowest BCUT2D eigenvalue weighted by molar-refractivity contribution is -0.156. The number of esters is 1. The van der Waals surface area contributed by atoms with Crippen LogP contribution in [0.15, 0.2) is 48.7 Å². The van der Waals surface area contributed by atoms with Crippen molar-refractivity contribution in [1.29, 1.82) is 0 Å². The van der Waals surface area contributed by atoms with Gasteiger partial charge in [-0.05, 0) is 73.1 Å². The van der Waals surface area contributed by atoms with Gasteiger partial charge in [0.1, 0.15) is 22.8 Å². The van der Waals surface area contributed by atoms with Crippen LogP contribution in [0.25, 0.3) is 11.4 Å². The Morgan fingerprint density at radius 3 is 2.66 bits per heavy atom. The first-order chi connectivity index (χ1) is 18.2. The van der Waals surface area contributed by atoms with Gasteiger partial charge >= 0.3 is 5.97 Å². The van der Waals surface area contributed by atoms with Crippen LogP contribution in [0.4, 0.5) is 5.69 Å². The van der Waals surface area contributed by atoms with Crippen molar-refractivity contribution in [2.24, 2.45) is 0 Å². The van der Waals surface area contributed by atoms with Gasteiger partial charge in [-0.1, -0.05) is 6.07 Å². The molecule has 3 aromatic rings. The molecule has 0 aliphatic heterocycles. The molecule has 12 heteroatoms. The molecular weight excluding hydrogens is 622 g/mol. The lowest BCUT2D eigenvalue weighted by atomic mass is 10.2. The van der Waals surface area contributed by atoms with E-state index in [1.54, 1.807) is 36.5 Å². The van der Waals surface area contributed by atoms with Crippen molar-refractivity contribution in [2.75, 3.05) is 32.2 Å². The second-order valence-corrected chi connectivity index (χ2v) is 11.1. The molecule has 2 aromatic heterocycles. The van der Waals surface area contributed by atoms with Gasteiger partial charge in [-0.3, -0.25) is 9.59 Å². The highest BCUT2D eigenvalue weighted by Crippen LogP contribution is 2.31. The standard InChI is InChI=1S/C26H32IN4O6P/c1-26(2,3)37-24(32)12-16-35-14-6-15-36-18-9-10-20(23(17-18)34-4)30-25(33)21-8-5-7-19(29-21)22-11-13-28-31(22)38-27/h5,7-11,13,17,38H,6,12,14-16H2,1-4H3,(H,30,33). The van der Waals surface area contributed by atoms with Crippen LogP contribution < -0.4 is 14.8 Å². The lowest BCUT2D eigenvalue weighted by Gasteiger charge is -2.19. The number of hydrogen-bond donors (Lipinski definition) is 1. The zero-order valence-corrected chi connectivity index (χ0v) is 25.0. The van der Waals surface area contributed by atoms with Gasteiger partial charge in [-0.2, -0.15) is 5.10 Å². The van der Waals surface area contributed by atoms with E-state index in [2.05, 4.69) is 37.4 Å². The first-order valence-electron chi connectivity index (χ1n) is 12.0. The Kier molecular flexibility index (Phi) is 11.3. The number of pyridine rings is 1. The van der Waals surface area contributed by atoms with E-state index in [4.69, 9.17) is 18.9 Å². The Hall–Kier alpha value is -2.76. The first kappa shape index (κ1) is 29.8. The molecule has 0 aliphatic carbocycles. The summed E-state index contributed by atoms with van der Waals surface area (Å²) in [5, 5.41) is 7.13. The number of amides is 1. The van der Waals surface area contributed by atoms with Crippen molar-refractivity contribution < 1.29 is 28.5 Å². The molecule has 0 radical (unpaired) electrons. The van der Waals surface area contributed by atoms with Gasteiger partial charge in [0.05, 0.1) is 50.2 Å². The zero-order valence-electron chi connectivity index (χ0n) is 21.8. The first-order valence-corrected chi connectivity index (χ1v) is 16.1. The van der Waals surface area contributed by atoms with Crippen LogP contribution in [0, 0.1) is 0 Å². The maximum atomic E-state index is 12.9. The highest BCUT2D eigenvalue weighted by Gasteiger charge is 2.16. The average molecular weight is 654 g/mol. The number of hydrogen-bond acceptors (Lipinski definition) is 8. The van der Waals surface area contributed by atoms with E-state index in [1.807, 2.05) is 37.4 Å². The number of rotatable bonds is 13. The number of carbonyl (C=O) groups excluding carboxylic acids is 2. The summed E-state index contributed by atoms with van der Waals surface area (Å²) in [7, 11) is 1.53. The van der Waals surface area contributed by atoms with Crippen molar-refractivity contribution in [2.45, 2.75) is 39.2 Å². The summed E-state index contributed by atoms with van der Waals surface area (Å²) in [5.74, 6) is 0.428. The maximum absolute atomic E-state index is 12.9. The quantitative estimate of drug-likeness (QED) is 0.111. The molecule has 1 aromatic carbocycles. The molecule has 1 N–H and O–H groups in total. The molecule has 1 amide bonds. The number of nitrogens with zero attached hydrogens (tertiary/aromatic N) is 3. The lowest BCUT2D eigenvalue weighted by Crippen LogP contribution is -2.24. The van der Waals surface area contributed by atoms with E-state index >= 15 is 0 Å². The Morgan fingerprint density at radius 1 is 1.11 bits per heavy atom. The number of methoxy groups -OCH3 is 1. The van der Waals surface area contributed by atoms with Crippen LogP contribution in [-0.2, 0) is 14.3 Å². The summed E-state index contributed by atoms with van der Waals surface area (Å²) in [6, 6.07) is 12.4.